The molecule has 10 heteroatoms. The molecule has 0 radical (unpaired) electrons. The summed E-state index contributed by atoms with van der Waals surface area (Å²) in [6, 6.07) is 0. The first kappa shape index (κ1) is 19.6. The molecule has 0 aliphatic heterocycles. The Morgan fingerprint density at radius 2 is 1.22 bits per heavy atom. The lowest BCUT2D eigenvalue weighted by Crippen LogP contribution is -2.21. The normalized spacial score (nSPS) is 14.8. The second-order valence-corrected chi connectivity index (χ2v) is 3.43. The summed E-state index contributed by atoms with van der Waals surface area (Å²) in [5, 5.41) is 0. The van der Waals surface area contributed by atoms with Gasteiger partial charge in [0.2, 0.25) is 0 Å². The molecule has 0 spiro atoms. The summed E-state index contributed by atoms with van der Waals surface area (Å²) in [6.45, 7) is -1.33. The Hall–Kier alpha value is -0.700. The molecule has 0 aromatic heterocycles. The second-order valence-electron chi connectivity index (χ2n) is 3.43. The van der Waals surface area contributed by atoms with E-state index in [1.807, 2.05) is 0 Å². The molecular weight excluding hydrogens is 286 g/mol. The molecule has 0 saturated heterocycles. The van der Waals surface area contributed by atoms with Gasteiger partial charge in [-0.3, -0.25) is 0 Å². The van der Waals surface area contributed by atoms with E-state index in [1.165, 1.54) is 0 Å². The van der Waals surface area contributed by atoms with Gasteiger partial charge in [-0.15, -0.1) is 0 Å². The Labute approximate surface area is 96.0 Å². The molecule has 0 N–H and O–H groups in total. The van der Waals surface area contributed by atoms with Gasteiger partial charge in [-0.1, -0.05) is 0 Å². The van der Waals surface area contributed by atoms with Crippen LogP contribution in [-0.2, 0) is 0 Å². The SMILES string of the molecule is CC(F)(F)CC(F)(F)F.FCC(F)CC(F)(F)F. The Kier molecular flexibility index (Phi) is 7.67. The maximum atomic E-state index is 11.5. The molecule has 0 amide bonds. The highest BCUT2D eigenvalue weighted by Gasteiger charge is 2.39. The van der Waals surface area contributed by atoms with Crippen LogP contribution in [0.4, 0.5) is 43.9 Å². The van der Waals surface area contributed by atoms with Gasteiger partial charge < -0.3 is 0 Å². The quantitative estimate of drug-likeness (QED) is 0.654. The third-order valence-corrected chi connectivity index (χ3v) is 1.13. The van der Waals surface area contributed by atoms with Crippen molar-refractivity contribution in [3.8, 4) is 0 Å². The van der Waals surface area contributed by atoms with Crippen molar-refractivity contribution in [2.45, 2.75) is 44.2 Å². The topological polar surface area (TPSA) is 0 Å². The summed E-state index contributed by atoms with van der Waals surface area (Å²) >= 11 is 0. The summed E-state index contributed by atoms with van der Waals surface area (Å²) in [5.41, 5.74) is 0. The van der Waals surface area contributed by atoms with E-state index in [1.54, 1.807) is 0 Å². The molecule has 1 unspecified atom stereocenters. The molecule has 1 atom stereocenters. The van der Waals surface area contributed by atoms with E-state index in [2.05, 4.69) is 0 Å². The minimum absolute atomic E-state index is 0.237. The van der Waals surface area contributed by atoms with Crippen molar-refractivity contribution in [1.82, 2.24) is 0 Å². The van der Waals surface area contributed by atoms with Gasteiger partial charge >= 0.3 is 12.4 Å². The summed E-state index contributed by atoms with van der Waals surface area (Å²) in [7, 11) is 0. The Bertz CT molecular complexity index is 197. The number of alkyl halides is 10. The molecule has 0 rings (SSSR count). The molecule has 0 aliphatic carbocycles. The van der Waals surface area contributed by atoms with Gasteiger partial charge in [-0.05, 0) is 6.92 Å². The standard InChI is InChI=1S/2C4H5F5/c1-3(5,6)2-4(7,8)9;5-2-3(6)1-4(7,8)9/h2H2,1H3;3H,1-2H2. The van der Waals surface area contributed by atoms with E-state index in [4.69, 9.17) is 0 Å². The van der Waals surface area contributed by atoms with Crippen LogP contribution in [0.25, 0.3) is 0 Å². The van der Waals surface area contributed by atoms with Gasteiger partial charge in [0.05, 0.1) is 6.42 Å². The average molecular weight is 296 g/mol. The van der Waals surface area contributed by atoms with E-state index in [0.29, 0.717) is 0 Å². The zero-order valence-electron chi connectivity index (χ0n) is 8.98. The highest BCUT2D eigenvalue weighted by molar-refractivity contribution is 4.63. The highest BCUT2D eigenvalue weighted by atomic mass is 19.4. The highest BCUT2D eigenvalue weighted by Crippen LogP contribution is 2.30. The Balaban J connectivity index is 0. The maximum Gasteiger partial charge on any atom is 0.394 e. The fraction of sp³-hybridized carbons (Fsp3) is 1.00. The van der Waals surface area contributed by atoms with Crippen molar-refractivity contribution >= 4 is 0 Å². The van der Waals surface area contributed by atoms with Gasteiger partial charge in [0.1, 0.15) is 19.3 Å². The molecule has 0 saturated carbocycles. The summed E-state index contributed by atoms with van der Waals surface area (Å²) in [6.07, 6.45) is -15.5. The Morgan fingerprint density at radius 3 is 1.28 bits per heavy atom. The minimum atomic E-state index is -4.77. The fourth-order valence-corrected chi connectivity index (χ4v) is 0.658. The van der Waals surface area contributed by atoms with Gasteiger partial charge in [-0.2, -0.15) is 26.3 Å². The third kappa shape index (κ3) is 20.7. The van der Waals surface area contributed by atoms with Crippen molar-refractivity contribution in [3.05, 3.63) is 0 Å². The lowest BCUT2D eigenvalue weighted by Gasteiger charge is -2.11. The molecule has 0 heterocycles. The van der Waals surface area contributed by atoms with Gasteiger partial charge in [0.15, 0.2) is 0 Å². The molecule has 0 nitrogen and oxygen atoms in total. The maximum absolute atomic E-state index is 11.5. The third-order valence-electron chi connectivity index (χ3n) is 1.13. The molecule has 0 fully saturated rings. The van der Waals surface area contributed by atoms with Crippen molar-refractivity contribution in [2.24, 2.45) is 0 Å². The van der Waals surface area contributed by atoms with Crippen LogP contribution in [0.1, 0.15) is 19.8 Å². The van der Waals surface area contributed by atoms with Crippen LogP contribution in [0.3, 0.4) is 0 Å². The van der Waals surface area contributed by atoms with Crippen LogP contribution in [0.2, 0.25) is 0 Å². The zero-order valence-corrected chi connectivity index (χ0v) is 8.98. The molecule has 0 aromatic carbocycles. The van der Waals surface area contributed by atoms with Gasteiger partial charge in [0.25, 0.3) is 5.92 Å². The lowest BCUT2D eigenvalue weighted by molar-refractivity contribution is -0.182. The molecule has 0 aliphatic rings. The van der Waals surface area contributed by atoms with E-state index >= 15 is 0 Å². The summed E-state index contributed by atoms with van der Waals surface area (Å²) in [4.78, 5) is 0. The first-order chi connectivity index (χ1) is 7.66. The van der Waals surface area contributed by atoms with Crippen LogP contribution in [0.15, 0.2) is 0 Å². The van der Waals surface area contributed by atoms with Crippen LogP contribution < -0.4 is 0 Å². The smallest absolute Gasteiger partial charge is 0.248 e. The van der Waals surface area contributed by atoms with E-state index in [9.17, 15) is 43.9 Å². The van der Waals surface area contributed by atoms with Crippen molar-refractivity contribution in [3.63, 3.8) is 0 Å². The molecular formula is C8H10F10. The minimum Gasteiger partial charge on any atom is -0.248 e. The first-order valence-electron chi connectivity index (χ1n) is 4.37. The van der Waals surface area contributed by atoms with Crippen molar-refractivity contribution < 1.29 is 43.9 Å². The molecule has 0 bridgehead atoms. The number of hydrogen-bond donors (Lipinski definition) is 0. The lowest BCUT2D eigenvalue weighted by atomic mass is 10.3. The molecule has 18 heavy (non-hydrogen) atoms. The van der Waals surface area contributed by atoms with Crippen LogP contribution in [-0.4, -0.2) is 31.1 Å². The van der Waals surface area contributed by atoms with E-state index < -0.39 is 44.0 Å². The van der Waals surface area contributed by atoms with E-state index in [-0.39, 0.29) is 6.92 Å². The average Bonchev–Trinajstić information content (AvgIpc) is 1.94. The van der Waals surface area contributed by atoms with E-state index in [0.717, 1.165) is 0 Å². The first-order valence-corrected chi connectivity index (χ1v) is 4.37. The van der Waals surface area contributed by atoms with Crippen molar-refractivity contribution in [1.29, 1.82) is 0 Å². The number of rotatable bonds is 3. The zero-order chi connectivity index (χ0) is 15.2. The predicted molar refractivity (Wildman–Crippen MR) is 42.8 cm³/mol. The molecule has 0 aromatic rings. The monoisotopic (exact) mass is 296 g/mol. The predicted octanol–water partition coefficient (Wildman–Crippen LogP) is 4.84. The molecule has 112 valence electrons. The second kappa shape index (κ2) is 7.03. The Morgan fingerprint density at radius 1 is 0.833 bits per heavy atom. The largest absolute Gasteiger partial charge is 0.394 e. The summed E-state index contributed by atoms with van der Waals surface area (Å²) < 4.78 is 112. The van der Waals surface area contributed by atoms with Gasteiger partial charge in [0, 0.05) is 0 Å². The summed E-state index contributed by atoms with van der Waals surface area (Å²) in [5.74, 6) is -3.64. The van der Waals surface area contributed by atoms with Crippen molar-refractivity contribution in [2.75, 3.05) is 6.67 Å². The van der Waals surface area contributed by atoms with Gasteiger partial charge in [-0.25, -0.2) is 17.6 Å². The van der Waals surface area contributed by atoms with Crippen LogP contribution in [0.5, 0.6) is 0 Å². The number of halogens is 10. The van der Waals surface area contributed by atoms with Crippen LogP contribution >= 0.6 is 0 Å². The number of hydrogen-bond acceptors (Lipinski definition) is 0. The van der Waals surface area contributed by atoms with Crippen LogP contribution in [0, 0.1) is 0 Å². The fourth-order valence-electron chi connectivity index (χ4n) is 0.658.